The highest BCUT2D eigenvalue weighted by Crippen LogP contribution is 2.07. The number of carboxylic acid groups (broad SMARTS) is 1. The Balaban J connectivity index is 3.16. The zero-order valence-electron chi connectivity index (χ0n) is 13.2. The van der Waals surface area contributed by atoms with Gasteiger partial charge in [-0.25, -0.2) is 0 Å². The van der Waals surface area contributed by atoms with E-state index in [2.05, 4.69) is 25.2 Å². The van der Waals surface area contributed by atoms with Crippen LogP contribution in [0.1, 0.15) is 84.0 Å². The average Bonchev–Trinajstić information content (AvgIpc) is 2.43. The second kappa shape index (κ2) is 16.0. The maximum atomic E-state index is 10.3. The highest BCUT2D eigenvalue weighted by atomic mass is 16.4. The summed E-state index contributed by atoms with van der Waals surface area (Å²) in [6.45, 7) is 2.25. The van der Waals surface area contributed by atoms with Gasteiger partial charge in [0.25, 0.3) is 0 Å². The van der Waals surface area contributed by atoms with Crippen molar-refractivity contribution in [1.82, 2.24) is 0 Å². The van der Waals surface area contributed by atoms with Crippen molar-refractivity contribution in [3.05, 3.63) is 24.3 Å². The number of carbonyl (C=O) groups is 1. The fourth-order valence-electron chi connectivity index (χ4n) is 2.07. The summed E-state index contributed by atoms with van der Waals surface area (Å²) in [5.74, 6) is -0.712. The highest BCUT2D eigenvalue weighted by Gasteiger charge is 1.91. The molecule has 0 aromatic carbocycles. The molecule has 0 radical (unpaired) electrons. The monoisotopic (exact) mass is 280 g/mol. The molecule has 0 aliphatic carbocycles. The molecule has 0 spiro atoms. The van der Waals surface area contributed by atoms with Gasteiger partial charge in [-0.3, -0.25) is 4.79 Å². The third kappa shape index (κ3) is 16.9. The van der Waals surface area contributed by atoms with Crippen molar-refractivity contribution < 1.29 is 9.90 Å². The molecule has 0 aromatic heterocycles. The molecule has 1 N–H and O–H groups in total. The molecule has 20 heavy (non-hydrogen) atoms. The molecular weight excluding hydrogens is 248 g/mol. The molecule has 0 aliphatic rings. The Hall–Kier alpha value is -1.05. The Kier molecular flexibility index (Phi) is 15.2. The van der Waals surface area contributed by atoms with Crippen LogP contribution in [0.5, 0.6) is 0 Å². The number of rotatable bonds is 14. The van der Waals surface area contributed by atoms with E-state index in [4.69, 9.17) is 5.11 Å². The minimum Gasteiger partial charge on any atom is -0.481 e. The van der Waals surface area contributed by atoms with Gasteiger partial charge in [-0.1, -0.05) is 56.9 Å². The van der Waals surface area contributed by atoms with Gasteiger partial charge in [-0.05, 0) is 44.9 Å². The molecule has 0 amide bonds. The van der Waals surface area contributed by atoms with Gasteiger partial charge in [0.05, 0.1) is 0 Å². The van der Waals surface area contributed by atoms with Gasteiger partial charge in [0.2, 0.25) is 0 Å². The van der Waals surface area contributed by atoms with Gasteiger partial charge in [0.15, 0.2) is 0 Å². The first-order valence-corrected chi connectivity index (χ1v) is 8.29. The van der Waals surface area contributed by atoms with Crippen LogP contribution in [0.4, 0.5) is 0 Å². The van der Waals surface area contributed by atoms with Gasteiger partial charge < -0.3 is 5.11 Å². The van der Waals surface area contributed by atoms with Crippen molar-refractivity contribution in [3.63, 3.8) is 0 Å². The lowest BCUT2D eigenvalue weighted by Crippen LogP contribution is -1.91. The molecule has 0 aromatic rings. The third-order valence-electron chi connectivity index (χ3n) is 3.32. The van der Waals surface area contributed by atoms with E-state index in [-0.39, 0.29) is 6.42 Å². The second-order valence-corrected chi connectivity index (χ2v) is 5.36. The third-order valence-corrected chi connectivity index (χ3v) is 3.32. The second-order valence-electron chi connectivity index (χ2n) is 5.36. The van der Waals surface area contributed by atoms with Crippen LogP contribution in [0, 0.1) is 0 Å². The number of hydrogen-bond donors (Lipinski definition) is 1. The zero-order chi connectivity index (χ0) is 14.9. The van der Waals surface area contributed by atoms with E-state index < -0.39 is 5.97 Å². The number of aliphatic carboxylic acids is 1. The summed E-state index contributed by atoms with van der Waals surface area (Å²) in [5, 5.41) is 8.48. The molecule has 0 aliphatic heterocycles. The molecule has 0 rings (SSSR count). The molecular formula is C18H32O2. The predicted molar refractivity (Wildman–Crippen MR) is 87.0 cm³/mol. The minimum atomic E-state index is -0.712. The highest BCUT2D eigenvalue weighted by molar-refractivity contribution is 5.66. The van der Waals surface area contributed by atoms with E-state index in [0.717, 1.165) is 6.42 Å². The van der Waals surface area contributed by atoms with Gasteiger partial charge in [0.1, 0.15) is 0 Å². The first kappa shape index (κ1) is 18.9. The van der Waals surface area contributed by atoms with Crippen molar-refractivity contribution in [2.24, 2.45) is 0 Å². The molecule has 0 fully saturated rings. The number of carboxylic acids is 1. The van der Waals surface area contributed by atoms with Gasteiger partial charge in [0, 0.05) is 6.42 Å². The predicted octanol–water partition coefficient (Wildman–Crippen LogP) is 5.88. The van der Waals surface area contributed by atoms with E-state index in [0.29, 0.717) is 6.42 Å². The van der Waals surface area contributed by atoms with Crippen LogP contribution in [0.2, 0.25) is 0 Å². The van der Waals surface area contributed by atoms with Crippen molar-refractivity contribution in [2.45, 2.75) is 84.0 Å². The smallest absolute Gasteiger partial charge is 0.303 e. The molecule has 2 nitrogen and oxygen atoms in total. The van der Waals surface area contributed by atoms with Crippen molar-refractivity contribution in [2.75, 3.05) is 0 Å². The number of allylic oxidation sites excluding steroid dienone is 4. The summed E-state index contributed by atoms with van der Waals surface area (Å²) in [6.07, 6.45) is 22.4. The molecule has 0 saturated heterocycles. The van der Waals surface area contributed by atoms with Crippen LogP contribution < -0.4 is 0 Å². The molecule has 116 valence electrons. The van der Waals surface area contributed by atoms with Crippen LogP contribution >= 0.6 is 0 Å². The van der Waals surface area contributed by atoms with Crippen molar-refractivity contribution >= 4 is 5.97 Å². The van der Waals surface area contributed by atoms with Gasteiger partial charge in [-0.15, -0.1) is 0 Å². The SMILES string of the molecule is CCCCCCC=CCCCCCC=CCCC(=O)O. The van der Waals surface area contributed by atoms with E-state index in [1.807, 2.05) is 6.08 Å². The van der Waals surface area contributed by atoms with Gasteiger partial charge in [-0.2, -0.15) is 0 Å². The zero-order valence-corrected chi connectivity index (χ0v) is 13.2. The van der Waals surface area contributed by atoms with Crippen LogP contribution in [0.3, 0.4) is 0 Å². The lowest BCUT2D eigenvalue weighted by molar-refractivity contribution is -0.136. The molecule has 2 heteroatoms. The number of unbranched alkanes of at least 4 members (excludes halogenated alkanes) is 8. The molecule has 0 saturated carbocycles. The van der Waals surface area contributed by atoms with E-state index in [9.17, 15) is 4.79 Å². The van der Waals surface area contributed by atoms with E-state index in [1.54, 1.807) is 0 Å². The topological polar surface area (TPSA) is 37.3 Å². The Morgan fingerprint density at radius 1 is 0.750 bits per heavy atom. The summed E-state index contributed by atoms with van der Waals surface area (Å²) in [7, 11) is 0. The fourth-order valence-corrected chi connectivity index (χ4v) is 2.07. The Bertz CT molecular complexity index is 267. The van der Waals surface area contributed by atoms with E-state index in [1.165, 1.54) is 57.8 Å². The van der Waals surface area contributed by atoms with Crippen molar-refractivity contribution in [1.29, 1.82) is 0 Å². The summed E-state index contributed by atoms with van der Waals surface area (Å²) < 4.78 is 0. The number of hydrogen-bond acceptors (Lipinski definition) is 1. The quantitative estimate of drug-likeness (QED) is 0.318. The largest absolute Gasteiger partial charge is 0.481 e. The molecule has 0 bridgehead atoms. The molecule has 0 atom stereocenters. The lowest BCUT2D eigenvalue weighted by Gasteiger charge is -1.96. The Labute approximate surface area is 125 Å². The first-order valence-electron chi connectivity index (χ1n) is 8.29. The van der Waals surface area contributed by atoms with Crippen LogP contribution in [-0.4, -0.2) is 11.1 Å². The summed E-state index contributed by atoms with van der Waals surface area (Å²) in [6, 6.07) is 0. The molecule has 0 unspecified atom stereocenters. The fraction of sp³-hybridized carbons (Fsp3) is 0.722. The van der Waals surface area contributed by atoms with Crippen LogP contribution in [-0.2, 0) is 4.79 Å². The van der Waals surface area contributed by atoms with Gasteiger partial charge >= 0.3 is 5.97 Å². The summed E-state index contributed by atoms with van der Waals surface area (Å²) in [4.78, 5) is 10.3. The standard InChI is InChI=1S/C18H32O2/c1-2-3-4-5-6-7-8-9-10-11-12-13-14-15-16-17-18(19)20/h7-8,14-15H,2-6,9-13,16-17H2,1H3,(H,19,20). The normalized spacial score (nSPS) is 11.7. The summed E-state index contributed by atoms with van der Waals surface area (Å²) in [5.41, 5.74) is 0. The van der Waals surface area contributed by atoms with E-state index >= 15 is 0 Å². The van der Waals surface area contributed by atoms with Crippen LogP contribution in [0.15, 0.2) is 24.3 Å². The molecule has 0 heterocycles. The first-order chi connectivity index (χ1) is 9.77. The lowest BCUT2D eigenvalue weighted by atomic mass is 10.1. The average molecular weight is 280 g/mol. The minimum absolute atomic E-state index is 0.250. The summed E-state index contributed by atoms with van der Waals surface area (Å²) >= 11 is 0. The Morgan fingerprint density at radius 2 is 1.20 bits per heavy atom. The maximum absolute atomic E-state index is 10.3. The van der Waals surface area contributed by atoms with Crippen molar-refractivity contribution in [3.8, 4) is 0 Å². The van der Waals surface area contributed by atoms with Crippen LogP contribution in [0.25, 0.3) is 0 Å². The Morgan fingerprint density at radius 3 is 1.65 bits per heavy atom. The maximum Gasteiger partial charge on any atom is 0.303 e.